The summed E-state index contributed by atoms with van der Waals surface area (Å²) in [6.07, 6.45) is 4.94. The zero-order valence-electron chi connectivity index (χ0n) is 15.5. The van der Waals surface area contributed by atoms with Gasteiger partial charge in [0.15, 0.2) is 5.96 Å². The number of imidazole rings is 1. The van der Waals surface area contributed by atoms with Crippen LogP contribution in [0.25, 0.3) is 5.65 Å². The van der Waals surface area contributed by atoms with Crippen LogP contribution in [0, 0.1) is 13.8 Å². The first kappa shape index (κ1) is 20.2. The van der Waals surface area contributed by atoms with E-state index in [-0.39, 0.29) is 24.0 Å². The van der Waals surface area contributed by atoms with Crippen LogP contribution in [0.1, 0.15) is 22.4 Å². The molecular weight excluding hydrogens is 437 g/mol. The highest BCUT2D eigenvalue weighted by Crippen LogP contribution is 2.10. The first-order valence-electron chi connectivity index (χ1n) is 8.59. The molecule has 2 heterocycles. The summed E-state index contributed by atoms with van der Waals surface area (Å²) in [7, 11) is 1.79. The van der Waals surface area contributed by atoms with Gasteiger partial charge >= 0.3 is 0 Å². The van der Waals surface area contributed by atoms with E-state index in [2.05, 4.69) is 58.9 Å². The highest BCUT2D eigenvalue weighted by atomic mass is 127. The summed E-state index contributed by atoms with van der Waals surface area (Å²) in [6.45, 7) is 5.81. The molecule has 138 valence electrons. The lowest BCUT2D eigenvalue weighted by Crippen LogP contribution is -2.38. The Hall–Kier alpha value is -2.09. The normalized spacial score (nSPS) is 11.3. The number of rotatable bonds is 5. The Morgan fingerprint density at radius 1 is 1.15 bits per heavy atom. The lowest BCUT2D eigenvalue weighted by molar-refractivity contribution is 0.785. The number of hydrogen-bond donors (Lipinski definition) is 2. The van der Waals surface area contributed by atoms with Gasteiger partial charge in [-0.25, -0.2) is 4.98 Å². The van der Waals surface area contributed by atoms with Gasteiger partial charge < -0.3 is 15.0 Å². The Balaban J connectivity index is 0.00000243. The second kappa shape index (κ2) is 9.56. The maximum absolute atomic E-state index is 4.61. The molecule has 0 aliphatic carbocycles. The average molecular weight is 463 g/mol. The van der Waals surface area contributed by atoms with Crippen molar-refractivity contribution in [3.63, 3.8) is 0 Å². The largest absolute Gasteiger partial charge is 0.356 e. The zero-order valence-corrected chi connectivity index (χ0v) is 17.8. The van der Waals surface area contributed by atoms with Crippen molar-refractivity contribution in [2.75, 3.05) is 13.6 Å². The van der Waals surface area contributed by atoms with E-state index in [0.717, 1.165) is 36.8 Å². The van der Waals surface area contributed by atoms with E-state index in [9.17, 15) is 0 Å². The van der Waals surface area contributed by atoms with Gasteiger partial charge in [0.25, 0.3) is 0 Å². The van der Waals surface area contributed by atoms with Crippen molar-refractivity contribution >= 4 is 35.6 Å². The molecule has 5 nitrogen and oxygen atoms in total. The molecule has 0 spiro atoms. The van der Waals surface area contributed by atoms with Gasteiger partial charge in [0.1, 0.15) is 5.65 Å². The highest BCUT2D eigenvalue weighted by Gasteiger charge is 2.03. The first-order valence-corrected chi connectivity index (χ1v) is 8.59. The average Bonchev–Trinajstić information content (AvgIpc) is 3.02. The van der Waals surface area contributed by atoms with Gasteiger partial charge in [-0.2, -0.15) is 0 Å². The number of halogens is 1. The van der Waals surface area contributed by atoms with Gasteiger partial charge in [0.2, 0.25) is 0 Å². The number of fused-ring (bicyclic) bond motifs is 1. The second-order valence-corrected chi connectivity index (χ2v) is 6.23. The van der Waals surface area contributed by atoms with Gasteiger partial charge in [-0.1, -0.05) is 29.8 Å². The smallest absolute Gasteiger partial charge is 0.191 e. The van der Waals surface area contributed by atoms with Crippen molar-refractivity contribution < 1.29 is 0 Å². The van der Waals surface area contributed by atoms with Crippen LogP contribution in [0.15, 0.2) is 53.8 Å². The van der Waals surface area contributed by atoms with E-state index in [1.54, 1.807) is 7.05 Å². The van der Waals surface area contributed by atoms with Crippen molar-refractivity contribution in [3.8, 4) is 0 Å². The van der Waals surface area contributed by atoms with Crippen LogP contribution in [0.3, 0.4) is 0 Å². The first-order chi connectivity index (χ1) is 12.2. The van der Waals surface area contributed by atoms with E-state index >= 15 is 0 Å². The molecular formula is C20H26IN5. The monoisotopic (exact) mass is 463 g/mol. The minimum atomic E-state index is 0. The number of nitrogens with zero attached hydrogens (tertiary/aromatic N) is 3. The Bertz CT molecular complexity index is 852. The van der Waals surface area contributed by atoms with Crippen LogP contribution in [-0.2, 0) is 13.0 Å². The Kier molecular flexibility index (Phi) is 7.44. The van der Waals surface area contributed by atoms with Crippen molar-refractivity contribution in [1.29, 1.82) is 0 Å². The van der Waals surface area contributed by atoms with Gasteiger partial charge in [0, 0.05) is 39.0 Å². The van der Waals surface area contributed by atoms with Crippen LogP contribution in [0.2, 0.25) is 0 Å². The van der Waals surface area contributed by atoms with Gasteiger partial charge in [-0.05, 0) is 37.1 Å². The second-order valence-electron chi connectivity index (χ2n) is 6.23. The Morgan fingerprint density at radius 3 is 2.73 bits per heavy atom. The summed E-state index contributed by atoms with van der Waals surface area (Å²) in [6, 6.07) is 12.5. The van der Waals surface area contributed by atoms with E-state index in [4.69, 9.17) is 0 Å². The van der Waals surface area contributed by atoms with Crippen molar-refractivity contribution in [3.05, 3.63) is 71.2 Å². The maximum Gasteiger partial charge on any atom is 0.191 e. The molecule has 0 fully saturated rings. The van der Waals surface area contributed by atoms with Crippen molar-refractivity contribution in [2.24, 2.45) is 4.99 Å². The molecule has 3 rings (SSSR count). The zero-order chi connectivity index (χ0) is 17.6. The fraction of sp³-hybridized carbons (Fsp3) is 0.300. The van der Waals surface area contributed by atoms with Crippen LogP contribution >= 0.6 is 24.0 Å². The maximum atomic E-state index is 4.61. The quantitative estimate of drug-likeness (QED) is 0.346. The standard InChI is InChI=1S/C20H25N5.HI/c1-15-7-8-17(16(2)12-15)13-23-20(21-3)22-10-9-18-14-25-11-5-4-6-19(25)24-18;/h4-8,11-12,14H,9-10,13H2,1-3H3,(H2,21,22,23);1H. The summed E-state index contributed by atoms with van der Waals surface area (Å²) >= 11 is 0. The van der Waals surface area contributed by atoms with Gasteiger partial charge in [-0.15, -0.1) is 24.0 Å². The predicted molar refractivity (Wildman–Crippen MR) is 118 cm³/mol. The number of benzene rings is 1. The van der Waals surface area contributed by atoms with Crippen LogP contribution in [0.4, 0.5) is 0 Å². The molecule has 0 radical (unpaired) electrons. The summed E-state index contributed by atoms with van der Waals surface area (Å²) in [4.78, 5) is 8.90. The molecule has 0 saturated carbocycles. The number of pyridine rings is 1. The molecule has 2 aromatic heterocycles. The molecule has 3 aromatic rings. The third-order valence-corrected chi connectivity index (χ3v) is 4.26. The minimum absolute atomic E-state index is 0. The van der Waals surface area contributed by atoms with Crippen LogP contribution in [0.5, 0.6) is 0 Å². The molecule has 0 bridgehead atoms. The third kappa shape index (κ3) is 5.20. The SMILES string of the molecule is CN=C(NCCc1cn2ccccc2n1)NCc1ccc(C)cc1C.I. The van der Waals surface area contributed by atoms with E-state index in [1.807, 2.05) is 28.8 Å². The summed E-state index contributed by atoms with van der Waals surface area (Å²) in [5.74, 6) is 0.809. The predicted octanol–water partition coefficient (Wildman–Crippen LogP) is 3.48. The molecule has 2 N–H and O–H groups in total. The van der Waals surface area contributed by atoms with Gasteiger partial charge in [-0.3, -0.25) is 4.99 Å². The number of guanidine groups is 1. The number of aliphatic imine (C=N–C) groups is 1. The lowest BCUT2D eigenvalue weighted by atomic mass is 10.1. The molecule has 0 amide bonds. The number of aromatic nitrogens is 2. The van der Waals surface area contributed by atoms with Crippen molar-refractivity contribution in [1.82, 2.24) is 20.0 Å². The van der Waals surface area contributed by atoms with E-state index in [1.165, 1.54) is 16.7 Å². The minimum Gasteiger partial charge on any atom is -0.356 e. The lowest BCUT2D eigenvalue weighted by Gasteiger charge is -2.13. The summed E-state index contributed by atoms with van der Waals surface area (Å²) in [5.41, 5.74) is 5.93. The fourth-order valence-electron chi connectivity index (χ4n) is 2.86. The molecule has 0 unspecified atom stereocenters. The topological polar surface area (TPSA) is 53.7 Å². The van der Waals surface area contributed by atoms with E-state index < -0.39 is 0 Å². The number of aryl methyl sites for hydroxylation is 2. The molecule has 1 aromatic carbocycles. The molecule has 26 heavy (non-hydrogen) atoms. The van der Waals surface area contributed by atoms with E-state index in [0.29, 0.717) is 0 Å². The fourth-order valence-corrected chi connectivity index (χ4v) is 2.86. The summed E-state index contributed by atoms with van der Waals surface area (Å²) in [5, 5.41) is 6.73. The Morgan fingerprint density at radius 2 is 2.00 bits per heavy atom. The Labute approximate surface area is 172 Å². The highest BCUT2D eigenvalue weighted by molar-refractivity contribution is 14.0. The molecule has 0 aliphatic heterocycles. The van der Waals surface area contributed by atoms with Crippen LogP contribution in [-0.4, -0.2) is 28.9 Å². The molecule has 0 saturated heterocycles. The number of nitrogens with one attached hydrogen (secondary N) is 2. The van der Waals surface area contributed by atoms with Gasteiger partial charge in [0.05, 0.1) is 5.69 Å². The summed E-state index contributed by atoms with van der Waals surface area (Å²) < 4.78 is 2.04. The molecule has 0 atom stereocenters. The van der Waals surface area contributed by atoms with Crippen LogP contribution < -0.4 is 10.6 Å². The molecule has 0 aliphatic rings. The third-order valence-electron chi connectivity index (χ3n) is 4.26. The molecule has 6 heteroatoms. The van der Waals surface area contributed by atoms with Crippen molar-refractivity contribution in [2.45, 2.75) is 26.8 Å². The number of hydrogen-bond acceptors (Lipinski definition) is 2.